The molecule has 0 spiro atoms. The van der Waals surface area contributed by atoms with Crippen LogP contribution in [-0.2, 0) is 16.6 Å². The van der Waals surface area contributed by atoms with Crippen LogP contribution < -0.4 is 10.9 Å². The monoisotopic (exact) mass is 383 g/mol. The first kappa shape index (κ1) is 18.5. The number of pyridine rings is 1. The number of nitrogens with one attached hydrogen (secondary N) is 1. The number of benzene rings is 1. The highest BCUT2D eigenvalue weighted by Crippen LogP contribution is 2.24. The number of carbonyl (C=O) groups excluding carboxylic acids is 2. The molecule has 1 amide bonds. The average molecular weight is 383 g/mol. The number of aryl methyl sites for hydroxylation is 2. The summed E-state index contributed by atoms with van der Waals surface area (Å²) in [4.78, 5) is 40.0. The third-order valence-electron chi connectivity index (χ3n) is 3.74. The Balaban J connectivity index is 1.60. The van der Waals surface area contributed by atoms with Crippen LogP contribution >= 0.6 is 11.3 Å². The van der Waals surface area contributed by atoms with Gasteiger partial charge < -0.3 is 14.6 Å². The van der Waals surface area contributed by atoms with E-state index in [0.29, 0.717) is 5.69 Å². The van der Waals surface area contributed by atoms with Gasteiger partial charge in [-0.1, -0.05) is 12.1 Å². The van der Waals surface area contributed by atoms with Crippen molar-refractivity contribution in [2.75, 3.05) is 11.9 Å². The lowest BCUT2D eigenvalue weighted by atomic mass is 10.1. The van der Waals surface area contributed by atoms with Crippen LogP contribution in [-0.4, -0.2) is 28.0 Å². The minimum Gasteiger partial charge on any atom is -0.452 e. The van der Waals surface area contributed by atoms with Crippen molar-refractivity contribution in [1.29, 1.82) is 0 Å². The second-order valence-electron chi connectivity index (χ2n) is 5.82. The SMILES string of the molecule is Cc1nc(-c2cccc(NC(=O)COC(=O)c3ccn(C)c(=O)c3)c2)cs1. The highest BCUT2D eigenvalue weighted by molar-refractivity contribution is 7.09. The minimum atomic E-state index is -0.727. The number of amides is 1. The number of rotatable bonds is 5. The van der Waals surface area contributed by atoms with Crippen LogP contribution in [0, 0.1) is 6.92 Å². The van der Waals surface area contributed by atoms with Crippen molar-refractivity contribution in [2.45, 2.75) is 6.92 Å². The molecule has 0 atom stereocenters. The van der Waals surface area contributed by atoms with Gasteiger partial charge in [0.2, 0.25) is 0 Å². The maximum atomic E-state index is 12.1. The van der Waals surface area contributed by atoms with Gasteiger partial charge in [-0.05, 0) is 25.1 Å². The summed E-state index contributed by atoms with van der Waals surface area (Å²) < 4.78 is 6.30. The lowest BCUT2D eigenvalue weighted by Crippen LogP contribution is -2.22. The normalized spacial score (nSPS) is 10.4. The van der Waals surface area contributed by atoms with Crippen molar-refractivity contribution >= 4 is 28.9 Å². The van der Waals surface area contributed by atoms with Crippen LogP contribution in [0.15, 0.2) is 52.8 Å². The smallest absolute Gasteiger partial charge is 0.338 e. The van der Waals surface area contributed by atoms with Crippen molar-refractivity contribution in [3.63, 3.8) is 0 Å². The number of esters is 1. The van der Waals surface area contributed by atoms with E-state index < -0.39 is 18.5 Å². The third-order valence-corrected chi connectivity index (χ3v) is 4.51. The van der Waals surface area contributed by atoms with E-state index in [9.17, 15) is 14.4 Å². The van der Waals surface area contributed by atoms with Crippen LogP contribution in [0.25, 0.3) is 11.3 Å². The minimum absolute atomic E-state index is 0.104. The van der Waals surface area contributed by atoms with E-state index in [0.717, 1.165) is 16.3 Å². The molecule has 0 fully saturated rings. The third kappa shape index (κ3) is 4.68. The molecule has 0 bridgehead atoms. The Labute approximate surface area is 159 Å². The summed E-state index contributed by atoms with van der Waals surface area (Å²) >= 11 is 1.55. The van der Waals surface area contributed by atoms with Gasteiger partial charge in [0.1, 0.15) is 0 Å². The molecule has 0 aliphatic carbocycles. The molecule has 0 aliphatic heterocycles. The standard InChI is InChI=1S/C19H17N3O4S/c1-12-20-16(11-27-12)13-4-3-5-15(8-13)21-17(23)10-26-19(25)14-6-7-22(2)18(24)9-14/h3-9,11H,10H2,1-2H3,(H,21,23). The van der Waals surface area contributed by atoms with Gasteiger partial charge in [0.15, 0.2) is 6.61 Å². The van der Waals surface area contributed by atoms with Gasteiger partial charge in [0, 0.05) is 35.9 Å². The lowest BCUT2D eigenvalue weighted by molar-refractivity contribution is -0.119. The molecule has 7 nitrogen and oxygen atoms in total. The number of hydrogen-bond donors (Lipinski definition) is 1. The van der Waals surface area contributed by atoms with Gasteiger partial charge in [-0.25, -0.2) is 9.78 Å². The van der Waals surface area contributed by atoms with Crippen LogP contribution in [0.4, 0.5) is 5.69 Å². The molecule has 3 rings (SSSR count). The van der Waals surface area contributed by atoms with Crippen molar-refractivity contribution in [3.8, 4) is 11.3 Å². The van der Waals surface area contributed by atoms with Crippen molar-refractivity contribution in [2.24, 2.45) is 7.05 Å². The molecule has 0 radical (unpaired) electrons. The summed E-state index contributed by atoms with van der Waals surface area (Å²) in [6, 6.07) is 9.88. The van der Waals surface area contributed by atoms with Crippen LogP contribution in [0.1, 0.15) is 15.4 Å². The van der Waals surface area contributed by atoms with Crippen LogP contribution in [0.2, 0.25) is 0 Å². The summed E-state index contributed by atoms with van der Waals surface area (Å²) in [5.74, 6) is -1.20. The lowest BCUT2D eigenvalue weighted by Gasteiger charge is -2.08. The number of aromatic nitrogens is 2. The van der Waals surface area contributed by atoms with E-state index in [2.05, 4.69) is 10.3 Å². The van der Waals surface area contributed by atoms with E-state index >= 15 is 0 Å². The fraction of sp³-hybridized carbons (Fsp3) is 0.158. The molecule has 3 aromatic rings. The highest BCUT2D eigenvalue weighted by atomic mass is 32.1. The zero-order valence-corrected chi connectivity index (χ0v) is 15.6. The molecule has 27 heavy (non-hydrogen) atoms. The van der Waals surface area contributed by atoms with Crippen molar-refractivity contribution in [1.82, 2.24) is 9.55 Å². The van der Waals surface area contributed by atoms with Crippen LogP contribution in [0.5, 0.6) is 0 Å². The van der Waals surface area contributed by atoms with E-state index in [-0.39, 0.29) is 11.1 Å². The number of ether oxygens (including phenoxy) is 1. The molecule has 1 aromatic carbocycles. The first-order chi connectivity index (χ1) is 12.9. The second-order valence-corrected chi connectivity index (χ2v) is 6.88. The number of nitrogens with zero attached hydrogens (tertiary/aromatic N) is 2. The number of hydrogen-bond acceptors (Lipinski definition) is 6. The quantitative estimate of drug-likeness (QED) is 0.684. The molecular weight excluding hydrogens is 366 g/mol. The fourth-order valence-corrected chi connectivity index (χ4v) is 2.96. The van der Waals surface area contributed by atoms with Crippen molar-refractivity contribution in [3.05, 3.63) is 68.9 Å². The first-order valence-electron chi connectivity index (χ1n) is 8.08. The largest absolute Gasteiger partial charge is 0.452 e. The highest BCUT2D eigenvalue weighted by Gasteiger charge is 2.12. The molecule has 0 aliphatic rings. The van der Waals surface area contributed by atoms with E-state index in [1.54, 1.807) is 30.5 Å². The molecular formula is C19H17N3O4S. The summed E-state index contributed by atoms with van der Waals surface area (Å²) in [7, 11) is 1.58. The molecule has 2 aromatic heterocycles. The van der Waals surface area contributed by atoms with Crippen molar-refractivity contribution < 1.29 is 14.3 Å². The van der Waals surface area contributed by atoms with Crippen LogP contribution in [0.3, 0.4) is 0 Å². The predicted octanol–water partition coefficient (Wildman–Crippen LogP) is 2.61. The van der Waals surface area contributed by atoms with Gasteiger partial charge in [-0.15, -0.1) is 11.3 Å². The summed E-state index contributed by atoms with van der Waals surface area (Å²) in [6.45, 7) is 1.48. The topological polar surface area (TPSA) is 90.3 Å². The Bertz CT molecular complexity index is 1050. The van der Waals surface area contributed by atoms with E-state index in [1.807, 2.05) is 24.4 Å². The maximum Gasteiger partial charge on any atom is 0.338 e. The number of anilines is 1. The number of thiazole rings is 1. The zero-order chi connectivity index (χ0) is 19.4. The van der Waals surface area contributed by atoms with E-state index in [4.69, 9.17) is 4.74 Å². The van der Waals surface area contributed by atoms with Gasteiger partial charge in [-0.2, -0.15) is 0 Å². The Morgan fingerprint density at radius 2 is 2.07 bits per heavy atom. The average Bonchev–Trinajstić information content (AvgIpc) is 3.08. The Morgan fingerprint density at radius 3 is 2.78 bits per heavy atom. The molecule has 0 saturated heterocycles. The Morgan fingerprint density at radius 1 is 1.26 bits per heavy atom. The summed E-state index contributed by atoms with van der Waals surface area (Å²) in [6.07, 6.45) is 1.46. The first-order valence-corrected chi connectivity index (χ1v) is 8.96. The zero-order valence-electron chi connectivity index (χ0n) is 14.8. The second kappa shape index (κ2) is 7.96. The number of carbonyl (C=O) groups is 2. The molecule has 0 unspecified atom stereocenters. The van der Waals surface area contributed by atoms with Gasteiger partial charge in [0.05, 0.1) is 16.3 Å². The van der Waals surface area contributed by atoms with E-state index in [1.165, 1.54) is 22.9 Å². The molecule has 2 heterocycles. The molecule has 1 N–H and O–H groups in total. The summed E-state index contributed by atoms with van der Waals surface area (Å²) in [5, 5.41) is 5.59. The Kier molecular flexibility index (Phi) is 5.46. The molecule has 8 heteroatoms. The predicted molar refractivity (Wildman–Crippen MR) is 103 cm³/mol. The van der Waals surface area contributed by atoms with Gasteiger partial charge in [-0.3, -0.25) is 9.59 Å². The Hall–Kier alpha value is -3.26. The molecule has 138 valence electrons. The maximum absolute atomic E-state index is 12.1. The molecule has 0 saturated carbocycles. The van der Waals surface area contributed by atoms with Gasteiger partial charge in [0.25, 0.3) is 11.5 Å². The van der Waals surface area contributed by atoms with Gasteiger partial charge >= 0.3 is 5.97 Å². The summed E-state index contributed by atoms with van der Waals surface area (Å²) in [5.41, 5.74) is 2.07. The fourth-order valence-electron chi connectivity index (χ4n) is 2.34.